The van der Waals surface area contributed by atoms with Gasteiger partial charge in [-0.25, -0.2) is 9.37 Å². The summed E-state index contributed by atoms with van der Waals surface area (Å²) >= 11 is 6.76. The second-order valence-corrected chi connectivity index (χ2v) is 15.1. The van der Waals surface area contributed by atoms with E-state index in [-0.39, 0.29) is 34.7 Å². The van der Waals surface area contributed by atoms with E-state index in [1.54, 1.807) is 0 Å². The zero-order valence-electron chi connectivity index (χ0n) is 27.6. The maximum Gasteiger partial charge on any atom is 0.319 e. The van der Waals surface area contributed by atoms with Crippen molar-refractivity contribution < 1.29 is 23.3 Å². The first-order valence-electron chi connectivity index (χ1n) is 17.7. The molecule has 1 aromatic carbocycles. The maximum atomic E-state index is 17.5. The van der Waals surface area contributed by atoms with Gasteiger partial charge in [0.2, 0.25) is 5.88 Å². The summed E-state index contributed by atoms with van der Waals surface area (Å²) in [5, 5.41) is 8.88. The van der Waals surface area contributed by atoms with Gasteiger partial charge in [0, 0.05) is 30.6 Å². The summed E-state index contributed by atoms with van der Waals surface area (Å²) in [7, 11) is 0. The number of nitrogens with one attached hydrogen (secondary N) is 1. The van der Waals surface area contributed by atoms with Crippen LogP contribution in [-0.4, -0.2) is 101 Å². The van der Waals surface area contributed by atoms with Crippen LogP contribution in [0.2, 0.25) is 5.15 Å². The lowest BCUT2D eigenvalue weighted by Gasteiger charge is -2.31. The van der Waals surface area contributed by atoms with E-state index in [1.807, 2.05) is 0 Å². The lowest BCUT2D eigenvalue weighted by molar-refractivity contribution is 0.100. The number of nitrogens with zero attached hydrogens (tertiary/aromatic N) is 6. The van der Waals surface area contributed by atoms with Crippen molar-refractivity contribution in [2.45, 2.75) is 69.4 Å². The van der Waals surface area contributed by atoms with Crippen molar-refractivity contribution in [3.05, 3.63) is 39.3 Å². The summed E-state index contributed by atoms with van der Waals surface area (Å²) in [6, 6.07) is 2.13. The van der Waals surface area contributed by atoms with Gasteiger partial charge in [-0.05, 0) is 80.2 Å². The van der Waals surface area contributed by atoms with E-state index in [4.69, 9.17) is 45.5 Å². The maximum absolute atomic E-state index is 17.5. The zero-order chi connectivity index (χ0) is 32.9. The van der Waals surface area contributed by atoms with Crippen molar-refractivity contribution in [2.75, 3.05) is 64.2 Å². The zero-order valence-corrected chi connectivity index (χ0v) is 28.4. The van der Waals surface area contributed by atoms with Gasteiger partial charge in [0.15, 0.2) is 5.82 Å². The summed E-state index contributed by atoms with van der Waals surface area (Å²) < 4.78 is 42.0. The lowest BCUT2D eigenvalue weighted by atomic mass is 9.79. The Kier molecular flexibility index (Phi) is 7.09. The molecule has 3 aromatic heterocycles. The Morgan fingerprint density at radius 3 is 2.88 bits per heavy atom. The molecule has 13 heteroatoms. The first-order valence-corrected chi connectivity index (χ1v) is 18.1. The van der Waals surface area contributed by atoms with Gasteiger partial charge in [0.05, 0.1) is 36.9 Å². The number of halogens is 2. The molecule has 3 atom stereocenters. The number of aryl methyl sites for hydroxylation is 1. The van der Waals surface area contributed by atoms with Crippen LogP contribution in [0.5, 0.6) is 11.9 Å². The Labute approximate surface area is 288 Å². The summed E-state index contributed by atoms with van der Waals surface area (Å²) in [6.07, 6.45) is 6.86. The number of fused-ring (bicyclic) bond motifs is 5. The molecule has 10 rings (SSSR count). The van der Waals surface area contributed by atoms with Gasteiger partial charge in [0.1, 0.15) is 40.8 Å². The van der Waals surface area contributed by atoms with Crippen molar-refractivity contribution in [3.63, 3.8) is 0 Å². The Morgan fingerprint density at radius 2 is 2.00 bits per heavy atom. The number of hydrogen-bond donors (Lipinski definition) is 1. The molecule has 0 radical (unpaired) electrons. The van der Waals surface area contributed by atoms with Crippen LogP contribution in [0.1, 0.15) is 62.5 Å². The van der Waals surface area contributed by atoms with Gasteiger partial charge in [-0.3, -0.25) is 10.00 Å². The molecule has 8 heterocycles. The predicted octanol–water partition coefficient (Wildman–Crippen LogP) is 5.73. The van der Waals surface area contributed by atoms with Gasteiger partial charge < -0.3 is 23.8 Å². The molecule has 11 nitrogen and oxygen atoms in total. The molecule has 0 amide bonds. The summed E-state index contributed by atoms with van der Waals surface area (Å²) in [5.74, 6) is 0.540. The third kappa shape index (κ3) is 4.70. The van der Waals surface area contributed by atoms with E-state index in [9.17, 15) is 0 Å². The predicted molar refractivity (Wildman–Crippen MR) is 182 cm³/mol. The van der Waals surface area contributed by atoms with Gasteiger partial charge in [-0.2, -0.15) is 15.1 Å². The smallest absolute Gasteiger partial charge is 0.319 e. The molecule has 4 saturated heterocycles. The van der Waals surface area contributed by atoms with Crippen molar-refractivity contribution in [1.29, 1.82) is 0 Å². The minimum Gasteiger partial charge on any atom is -0.475 e. The molecule has 4 fully saturated rings. The molecule has 256 valence electrons. The first-order chi connectivity index (χ1) is 24.0. The number of benzene rings is 1. The fourth-order valence-corrected chi connectivity index (χ4v) is 9.46. The lowest BCUT2D eigenvalue weighted by Crippen LogP contribution is -2.43. The molecule has 0 unspecified atom stereocenters. The van der Waals surface area contributed by atoms with Crippen LogP contribution in [0.15, 0.2) is 17.2 Å². The van der Waals surface area contributed by atoms with Crippen LogP contribution in [0, 0.1) is 5.82 Å². The quantitative estimate of drug-likeness (QED) is 0.267. The van der Waals surface area contributed by atoms with E-state index < -0.39 is 5.82 Å². The van der Waals surface area contributed by atoms with E-state index in [0.717, 1.165) is 82.4 Å². The molecule has 1 N–H and O–H groups in total. The number of aromatic amines is 1. The van der Waals surface area contributed by atoms with Crippen LogP contribution in [0.3, 0.4) is 0 Å². The number of H-pyrrole nitrogens is 1. The third-order valence-corrected chi connectivity index (χ3v) is 12.0. The van der Waals surface area contributed by atoms with Gasteiger partial charge in [0.25, 0.3) is 0 Å². The highest BCUT2D eigenvalue weighted by molar-refractivity contribution is 6.35. The van der Waals surface area contributed by atoms with Gasteiger partial charge in [-0.1, -0.05) is 24.1 Å². The molecular weight excluding hydrogens is 649 g/mol. The van der Waals surface area contributed by atoms with Crippen molar-refractivity contribution >= 4 is 39.2 Å². The number of pyridine rings is 1. The monoisotopic (exact) mass is 687 g/mol. The minimum absolute atomic E-state index is 0.119. The highest BCUT2D eigenvalue weighted by Crippen LogP contribution is 2.48. The van der Waals surface area contributed by atoms with Crippen molar-refractivity contribution in [1.82, 2.24) is 30.0 Å². The molecule has 0 saturated carbocycles. The first kappa shape index (κ1) is 30.3. The number of ether oxygens (including phenoxy) is 4. The normalized spacial score (nSPS) is 26.6. The van der Waals surface area contributed by atoms with Crippen molar-refractivity contribution in [3.8, 4) is 23.1 Å². The Bertz CT molecular complexity index is 2050. The Morgan fingerprint density at radius 1 is 1.08 bits per heavy atom. The standard InChI is InChI=1S/C36H39ClFN7O4/c1-19-5-2-6-20-11-24-26(32(37)43-42-24)27(25(19)20)30-29(38)31-28-33(45-9-4-10-46-16-23(45)17-48-34(28)39-30)41-35(40-31)49-18-36-7-3-8-44(36)13-21(12-36)22-14-47-15-22/h11,19,23H,2-10,12-18H2,1H3,(H,42,43)/t19-,23+,36+/m1/s1. The summed E-state index contributed by atoms with van der Waals surface area (Å²) in [6.45, 7) is 8.20. The topological polar surface area (TPSA) is 111 Å². The minimum atomic E-state index is -0.538. The van der Waals surface area contributed by atoms with E-state index in [0.29, 0.717) is 71.7 Å². The van der Waals surface area contributed by atoms with Crippen LogP contribution < -0.4 is 14.4 Å². The molecule has 4 aromatic rings. The summed E-state index contributed by atoms with van der Waals surface area (Å²) in [4.78, 5) is 19.5. The number of aromatic nitrogens is 5. The highest BCUT2D eigenvalue weighted by atomic mass is 35.5. The fourth-order valence-electron chi connectivity index (χ4n) is 9.22. The molecule has 5 aliphatic heterocycles. The molecule has 6 aliphatic rings. The van der Waals surface area contributed by atoms with Crippen LogP contribution in [0.4, 0.5) is 10.2 Å². The average molecular weight is 688 g/mol. The molecule has 0 spiro atoms. The highest BCUT2D eigenvalue weighted by Gasteiger charge is 2.48. The van der Waals surface area contributed by atoms with Gasteiger partial charge >= 0.3 is 6.01 Å². The Hall–Kier alpha value is -3.58. The SMILES string of the molecule is C[C@@H]1CCCc2cc3n[nH]c(Cl)c3c(-c3nc4c5c(nc(OC[C@@]67CCCN6CC(=C6COC6)C7)nc5c3F)N3CCCOC[C@H]3CO4)c21. The number of hydrogen-bond acceptors (Lipinski definition) is 10. The van der Waals surface area contributed by atoms with E-state index in [2.05, 4.69) is 33.0 Å². The van der Waals surface area contributed by atoms with Crippen LogP contribution in [0.25, 0.3) is 33.1 Å². The number of anilines is 1. The molecule has 0 bridgehead atoms. The van der Waals surface area contributed by atoms with E-state index in [1.165, 1.54) is 11.1 Å². The largest absolute Gasteiger partial charge is 0.475 e. The number of rotatable bonds is 4. The summed E-state index contributed by atoms with van der Waals surface area (Å²) in [5.41, 5.74) is 6.64. The van der Waals surface area contributed by atoms with E-state index >= 15 is 4.39 Å². The molecule has 49 heavy (non-hydrogen) atoms. The fraction of sp³-hybridized carbons (Fsp3) is 0.556. The second kappa shape index (κ2) is 11.5. The average Bonchev–Trinajstić information content (AvgIpc) is 3.64. The molecular formula is C36H39ClFN7O4. The molecule has 1 aliphatic carbocycles. The Balaban J connectivity index is 1.15. The van der Waals surface area contributed by atoms with Crippen molar-refractivity contribution in [2.24, 2.45) is 0 Å². The van der Waals surface area contributed by atoms with Crippen LogP contribution in [-0.2, 0) is 15.9 Å². The third-order valence-electron chi connectivity index (χ3n) is 11.8. The van der Waals surface area contributed by atoms with Crippen LogP contribution >= 0.6 is 11.6 Å². The van der Waals surface area contributed by atoms with Gasteiger partial charge in [-0.15, -0.1) is 0 Å². The second-order valence-electron chi connectivity index (χ2n) is 14.7.